The normalized spacial score (nSPS) is 17.2. The fourth-order valence-corrected chi connectivity index (χ4v) is 3.65. The number of aryl methyl sites for hydroxylation is 2. The summed E-state index contributed by atoms with van der Waals surface area (Å²) in [6.07, 6.45) is 6.01. The SMILES string of the molecule is COc1ccc(CCC(=O)N2CC(c3ncc(C)n3CC3CC3)C2)cc1. The highest BCUT2D eigenvalue weighted by atomic mass is 16.5. The Bertz CT molecular complexity index is 771. The molecule has 2 aliphatic rings. The predicted molar refractivity (Wildman–Crippen MR) is 100 cm³/mol. The highest BCUT2D eigenvalue weighted by molar-refractivity contribution is 5.77. The molecule has 1 saturated carbocycles. The maximum atomic E-state index is 12.5. The monoisotopic (exact) mass is 353 g/mol. The van der Waals surface area contributed by atoms with E-state index in [1.165, 1.54) is 29.9 Å². The number of nitrogens with zero attached hydrogens (tertiary/aromatic N) is 3. The molecule has 0 bridgehead atoms. The number of carbonyl (C=O) groups is 1. The first-order valence-corrected chi connectivity index (χ1v) is 9.56. The number of amides is 1. The first kappa shape index (κ1) is 17.1. The molecule has 5 nitrogen and oxygen atoms in total. The molecular formula is C21H27N3O2. The minimum absolute atomic E-state index is 0.245. The van der Waals surface area contributed by atoms with Gasteiger partial charge in [0.2, 0.25) is 5.91 Å². The van der Waals surface area contributed by atoms with Gasteiger partial charge in [0.15, 0.2) is 0 Å². The van der Waals surface area contributed by atoms with E-state index in [4.69, 9.17) is 4.74 Å². The van der Waals surface area contributed by atoms with Gasteiger partial charge in [-0.25, -0.2) is 4.98 Å². The summed E-state index contributed by atoms with van der Waals surface area (Å²) in [6.45, 7) is 4.85. The molecule has 0 N–H and O–H groups in total. The van der Waals surface area contributed by atoms with Crippen LogP contribution in [0, 0.1) is 12.8 Å². The van der Waals surface area contributed by atoms with E-state index in [1.807, 2.05) is 35.4 Å². The summed E-state index contributed by atoms with van der Waals surface area (Å²) in [6, 6.07) is 7.95. The van der Waals surface area contributed by atoms with Crippen molar-refractivity contribution in [1.82, 2.24) is 14.5 Å². The summed E-state index contributed by atoms with van der Waals surface area (Å²) in [5.41, 5.74) is 2.42. The highest BCUT2D eigenvalue weighted by Gasteiger charge is 2.35. The molecule has 2 fully saturated rings. The molecule has 1 saturated heterocycles. The van der Waals surface area contributed by atoms with Crippen LogP contribution in [0.2, 0.25) is 0 Å². The van der Waals surface area contributed by atoms with E-state index in [2.05, 4.69) is 16.5 Å². The molecule has 4 rings (SSSR count). The van der Waals surface area contributed by atoms with Gasteiger partial charge in [-0.15, -0.1) is 0 Å². The standard InChI is InChI=1S/C21H27N3O2/c1-15-11-22-21(24(15)12-17-3-4-17)18-13-23(14-18)20(25)10-7-16-5-8-19(26-2)9-6-16/h5-6,8-9,11,17-18H,3-4,7,10,12-14H2,1-2H3. The van der Waals surface area contributed by atoms with Gasteiger partial charge in [-0.05, 0) is 49.8 Å². The smallest absolute Gasteiger partial charge is 0.222 e. The first-order chi connectivity index (χ1) is 12.6. The summed E-state index contributed by atoms with van der Waals surface area (Å²) >= 11 is 0. The zero-order chi connectivity index (χ0) is 18.1. The lowest BCUT2D eigenvalue weighted by atomic mass is 9.97. The van der Waals surface area contributed by atoms with Crippen LogP contribution in [-0.2, 0) is 17.8 Å². The molecule has 2 aromatic rings. The van der Waals surface area contributed by atoms with E-state index in [0.29, 0.717) is 12.3 Å². The molecule has 1 aliphatic carbocycles. The fourth-order valence-electron chi connectivity index (χ4n) is 3.65. The summed E-state index contributed by atoms with van der Waals surface area (Å²) in [5, 5.41) is 0. The van der Waals surface area contributed by atoms with E-state index >= 15 is 0 Å². The van der Waals surface area contributed by atoms with Crippen LogP contribution < -0.4 is 4.74 Å². The van der Waals surface area contributed by atoms with Gasteiger partial charge < -0.3 is 14.2 Å². The number of hydrogen-bond donors (Lipinski definition) is 0. The molecule has 1 aromatic heterocycles. The second kappa shape index (κ2) is 7.14. The van der Waals surface area contributed by atoms with Crippen LogP contribution in [-0.4, -0.2) is 40.6 Å². The number of methoxy groups -OCH3 is 1. The Labute approximate surface area is 155 Å². The Morgan fingerprint density at radius 3 is 2.62 bits per heavy atom. The Hall–Kier alpha value is -2.30. The van der Waals surface area contributed by atoms with Gasteiger partial charge in [-0.2, -0.15) is 0 Å². The topological polar surface area (TPSA) is 47.4 Å². The zero-order valence-electron chi connectivity index (χ0n) is 15.6. The predicted octanol–water partition coefficient (Wildman–Crippen LogP) is 3.17. The maximum absolute atomic E-state index is 12.5. The number of benzene rings is 1. The number of likely N-dealkylation sites (tertiary alicyclic amines) is 1. The molecular weight excluding hydrogens is 326 g/mol. The van der Waals surface area contributed by atoms with E-state index < -0.39 is 0 Å². The lowest BCUT2D eigenvalue weighted by Crippen LogP contribution is -2.49. The van der Waals surface area contributed by atoms with Gasteiger partial charge in [0.05, 0.1) is 13.0 Å². The van der Waals surface area contributed by atoms with Gasteiger partial charge in [0, 0.05) is 37.9 Å². The van der Waals surface area contributed by atoms with Crippen molar-refractivity contribution >= 4 is 5.91 Å². The molecule has 0 unspecified atom stereocenters. The largest absolute Gasteiger partial charge is 0.497 e. The first-order valence-electron chi connectivity index (χ1n) is 9.56. The van der Waals surface area contributed by atoms with Crippen LogP contribution in [0.15, 0.2) is 30.5 Å². The summed E-state index contributed by atoms with van der Waals surface area (Å²) in [4.78, 5) is 19.1. The van der Waals surface area contributed by atoms with Crippen molar-refractivity contribution in [2.45, 2.75) is 45.1 Å². The molecule has 1 amide bonds. The van der Waals surface area contributed by atoms with E-state index in [0.717, 1.165) is 37.7 Å². The van der Waals surface area contributed by atoms with Crippen LogP contribution in [0.3, 0.4) is 0 Å². The van der Waals surface area contributed by atoms with Gasteiger partial charge in [-0.1, -0.05) is 12.1 Å². The average Bonchev–Trinajstić information content (AvgIpc) is 3.37. The number of aromatic nitrogens is 2. The number of rotatable bonds is 7. The van der Waals surface area contributed by atoms with Crippen LogP contribution in [0.4, 0.5) is 0 Å². The van der Waals surface area contributed by atoms with Crippen molar-refractivity contribution in [2.24, 2.45) is 5.92 Å². The number of imidazole rings is 1. The van der Waals surface area contributed by atoms with Crippen molar-refractivity contribution in [3.8, 4) is 5.75 Å². The third-order valence-electron chi connectivity index (χ3n) is 5.61. The van der Waals surface area contributed by atoms with Gasteiger partial charge in [0.25, 0.3) is 0 Å². The van der Waals surface area contributed by atoms with Crippen molar-refractivity contribution in [3.63, 3.8) is 0 Å². The van der Waals surface area contributed by atoms with Crippen LogP contribution in [0.1, 0.15) is 42.3 Å². The fraction of sp³-hybridized carbons (Fsp3) is 0.524. The summed E-state index contributed by atoms with van der Waals surface area (Å²) in [7, 11) is 1.66. The molecule has 5 heteroatoms. The van der Waals surface area contributed by atoms with Crippen LogP contribution in [0.25, 0.3) is 0 Å². The second-order valence-electron chi connectivity index (χ2n) is 7.66. The maximum Gasteiger partial charge on any atom is 0.222 e. The Kier molecular flexibility index (Phi) is 4.70. The molecule has 0 spiro atoms. The van der Waals surface area contributed by atoms with Crippen LogP contribution >= 0.6 is 0 Å². The van der Waals surface area contributed by atoms with Crippen molar-refractivity contribution in [3.05, 3.63) is 47.5 Å². The Morgan fingerprint density at radius 2 is 1.96 bits per heavy atom. The molecule has 0 atom stereocenters. The summed E-state index contributed by atoms with van der Waals surface area (Å²) in [5.74, 6) is 3.50. The number of ether oxygens (including phenoxy) is 1. The third-order valence-corrected chi connectivity index (χ3v) is 5.61. The summed E-state index contributed by atoms with van der Waals surface area (Å²) < 4.78 is 7.55. The number of carbonyl (C=O) groups excluding carboxylic acids is 1. The lowest BCUT2D eigenvalue weighted by Gasteiger charge is -2.39. The van der Waals surface area contributed by atoms with Crippen molar-refractivity contribution < 1.29 is 9.53 Å². The zero-order valence-corrected chi connectivity index (χ0v) is 15.6. The Balaban J connectivity index is 1.28. The molecule has 2 heterocycles. The van der Waals surface area contributed by atoms with Crippen molar-refractivity contribution in [1.29, 1.82) is 0 Å². The van der Waals surface area contributed by atoms with E-state index in [9.17, 15) is 4.79 Å². The minimum atomic E-state index is 0.245. The lowest BCUT2D eigenvalue weighted by molar-refractivity contribution is -0.135. The Morgan fingerprint density at radius 1 is 1.23 bits per heavy atom. The van der Waals surface area contributed by atoms with Crippen LogP contribution in [0.5, 0.6) is 5.75 Å². The molecule has 26 heavy (non-hydrogen) atoms. The highest BCUT2D eigenvalue weighted by Crippen LogP contribution is 2.34. The van der Waals surface area contributed by atoms with Gasteiger partial charge >= 0.3 is 0 Å². The average molecular weight is 353 g/mol. The van der Waals surface area contributed by atoms with Crippen molar-refractivity contribution in [2.75, 3.05) is 20.2 Å². The second-order valence-corrected chi connectivity index (χ2v) is 7.66. The number of hydrogen-bond acceptors (Lipinski definition) is 3. The molecule has 1 aromatic carbocycles. The molecule has 0 radical (unpaired) electrons. The van der Waals surface area contributed by atoms with Gasteiger partial charge in [-0.3, -0.25) is 4.79 Å². The quantitative estimate of drug-likeness (QED) is 0.768. The van der Waals surface area contributed by atoms with Gasteiger partial charge in [0.1, 0.15) is 11.6 Å². The van der Waals surface area contributed by atoms with E-state index in [1.54, 1.807) is 7.11 Å². The molecule has 1 aliphatic heterocycles. The van der Waals surface area contributed by atoms with E-state index in [-0.39, 0.29) is 5.91 Å². The molecule has 138 valence electrons. The minimum Gasteiger partial charge on any atom is -0.497 e. The third kappa shape index (κ3) is 3.62.